The fourth-order valence-electron chi connectivity index (χ4n) is 3.45. The molecule has 0 aliphatic rings. The Kier molecular flexibility index (Phi) is 7.15. The van der Waals surface area contributed by atoms with Crippen LogP contribution in [0.1, 0.15) is 39.2 Å². The second-order valence-electron chi connectivity index (χ2n) is 7.16. The zero-order valence-electron chi connectivity index (χ0n) is 18.2. The van der Waals surface area contributed by atoms with Gasteiger partial charge in [0.1, 0.15) is 5.69 Å². The van der Waals surface area contributed by atoms with Crippen molar-refractivity contribution in [2.45, 2.75) is 40.2 Å². The number of methoxy groups -OCH3 is 2. The Bertz CT molecular complexity index is 1020. The zero-order chi connectivity index (χ0) is 21.7. The molecule has 0 radical (unpaired) electrons. The highest BCUT2D eigenvalue weighted by Gasteiger charge is 2.18. The molecular weight excluding hydrogens is 398 g/mol. The smallest absolute Gasteiger partial charge is 0.269 e. The first-order chi connectivity index (χ1) is 14.5. The van der Waals surface area contributed by atoms with Crippen molar-refractivity contribution >= 4 is 17.2 Å². The van der Waals surface area contributed by atoms with Gasteiger partial charge in [-0.25, -0.2) is 0 Å². The molecule has 6 nitrogen and oxygen atoms in total. The molecule has 7 heteroatoms. The molecule has 0 spiro atoms. The molecule has 3 rings (SSSR count). The lowest BCUT2D eigenvalue weighted by molar-refractivity contribution is 0.0943. The second kappa shape index (κ2) is 9.80. The molecule has 0 fully saturated rings. The molecular formula is C23H29N3O3S. The molecule has 0 aliphatic carbocycles. The second-order valence-corrected chi connectivity index (χ2v) is 8.62. The number of benzene rings is 1. The van der Waals surface area contributed by atoms with E-state index in [-0.39, 0.29) is 5.91 Å². The summed E-state index contributed by atoms with van der Waals surface area (Å²) in [7, 11) is 3.23. The van der Waals surface area contributed by atoms with Crippen molar-refractivity contribution in [2.24, 2.45) is 0 Å². The number of aromatic nitrogens is 2. The van der Waals surface area contributed by atoms with Gasteiger partial charge < -0.3 is 14.8 Å². The minimum Gasteiger partial charge on any atom is -0.493 e. The Labute approximate surface area is 181 Å². The molecule has 0 atom stereocenters. The highest BCUT2D eigenvalue weighted by molar-refractivity contribution is 7.12. The molecule has 0 aliphatic heterocycles. The van der Waals surface area contributed by atoms with Crippen LogP contribution < -0.4 is 14.8 Å². The van der Waals surface area contributed by atoms with Crippen molar-refractivity contribution in [1.82, 2.24) is 15.1 Å². The molecule has 1 amide bonds. The minimum absolute atomic E-state index is 0.104. The van der Waals surface area contributed by atoms with E-state index in [2.05, 4.69) is 32.2 Å². The molecule has 0 saturated carbocycles. The Hall–Kier alpha value is -2.80. The number of aryl methyl sites for hydroxylation is 3. The van der Waals surface area contributed by atoms with Gasteiger partial charge in [0.15, 0.2) is 11.5 Å². The van der Waals surface area contributed by atoms with E-state index in [1.807, 2.05) is 28.9 Å². The fourth-order valence-corrected chi connectivity index (χ4v) is 4.38. The predicted molar refractivity (Wildman–Crippen MR) is 121 cm³/mol. The molecule has 1 N–H and O–H groups in total. The molecule has 1 aromatic carbocycles. The van der Waals surface area contributed by atoms with Crippen LogP contribution >= 0.6 is 11.3 Å². The van der Waals surface area contributed by atoms with Gasteiger partial charge in [-0.1, -0.05) is 13.0 Å². The van der Waals surface area contributed by atoms with Crippen LogP contribution in [-0.2, 0) is 13.0 Å². The SMILES string of the molecule is CCCn1nc(-c2cc(C)sc2C)cc1C(=O)NCCc1ccc(OC)c(OC)c1. The van der Waals surface area contributed by atoms with Gasteiger partial charge in [-0.15, -0.1) is 11.3 Å². The number of carbonyl (C=O) groups excluding carboxylic acids is 1. The van der Waals surface area contributed by atoms with Crippen LogP contribution in [0.5, 0.6) is 11.5 Å². The van der Waals surface area contributed by atoms with E-state index >= 15 is 0 Å². The Morgan fingerprint density at radius 3 is 2.53 bits per heavy atom. The van der Waals surface area contributed by atoms with Crippen LogP contribution in [0.25, 0.3) is 11.3 Å². The third kappa shape index (κ3) is 4.84. The summed E-state index contributed by atoms with van der Waals surface area (Å²) in [6, 6.07) is 9.83. The van der Waals surface area contributed by atoms with Crippen molar-refractivity contribution in [3.05, 3.63) is 51.3 Å². The summed E-state index contributed by atoms with van der Waals surface area (Å²) in [6.07, 6.45) is 1.61. The van der Waals surface area contributed by atoms with Crippen LogP contribution in [-0.4, -0.2) is 36.5 Å². The maximum absolute atomic E-state index is 12.9. The van der Waals surface area contributed by atoms with Gasteiger partial charge >= 0.3 is 0 Å². The number of nitrogens with one attached hydrogen (secondary N) is 1. The van der Waals surface area contributed by atoms with E-state index in [1.165, 1.54) is 9.75 Å². The summed E-state index contributed by atoms with van der Waals surface area (Å²) in [5, 5.41) is 7.73. The third-order valence-corrected chi connectivity index (χ3v) is 5.88. The highest BCUT2D eigenvalue weighted by atomic mass is 32.1. The summed E-state index contributed by atoms with van der Waals surface area (Å²) in [6.45, 7) is 7.50. The Morgan fingerprint density at radius 1 is 1.13 bits per heavy atom. The van der Waals surface area contributed by atoms with Crippen molar-refractivity contribution < 1.29 is 14.3 Å². The Morgan fingerprint density at radius 2 is 1.90 bits per heavy atom. The summed E-state index contributed by atoms with van der Waals surface area (Å²) in [5.41, 5.74) is 3.63. The predicted octanol–water partition coefficient (Wildman–Crippen LogP) is 4.63. The summed E-state index contributed by atoms with van der Waals surface area (Å²) in [4.78, 5) is 15.3. The largest absolute Gasteiger partial charge is 0.493 e. The van der Waals surface area contributed by atoms with Crippen molar-refractivity contribution in [3.63, 3.8) is 0 Å². The molecule has 0 unspecified atom stereocenters. The maximum Gasteiger partial charge on any atom is 0.269 e. The first kappa shape index (κ1) is 21.9. The monoisotopic (exact) mass is 427 g/mol. The van der Waals surface area contributed by atoms with Gasteiger partial charge in [0.25, 0.3) is 5.91 Å². The number of carbonyl (C=O) groups is 1. The molecule has 0 saturated heterocycles. The summed E-state index contributed by atoms with van der Waals surface area (Å²) in [5.74, 6) is 1.28. The number of nitrogens with zero attached hydrogens (tertiary/aromatic N) is 2. The molecule has 160 valence electrons. The molecule has 3 aromatic rings. The van der Waals surface area contributed by atoms with E-state index in [1.54, 1.807) is 25.6 Å². The van der Waals surface area contributed by atoms with Crippen molar-refractivity contribution in [2.75, 3.05) is 20.8 Å². The summed E-state index contributed by atoms with van der Waals surface area (Å²) >= 11 is 1.75. The van der Waals surface area contributed by atoms with Crippen molar-refractivity contribution in [3.8, 4) is 22.8 Å². The van der Waals surface area contributed by atoms with Crippen LogP contribution in [0.15, 0.2) is 30.3 Å². The number of ether oxygens (including phenoxy) is 2. The van der Waals surface area contributed by atoms with Gasteiger partial charge in [-0.3, -0.25) is 9.48 Å². The van der Waals surface area contributed by atoms with E-state index in [0.717, 1.165) is 23.2 Å². The van der Waals surface area contributed by atoms with Crippen molar-refractivity contribution in [1.29, 1.82) is 0 Å². The van der Waals surface area contributed by atoms with E-state index in [9.17, 15) is 4.79 Å². The first-order valence-corrected chi connectivity index (χ1v) is 10.9. The van der Waals surface area contributed by atoms with Crippen LogP contribution in [0.3, 0.4) is 0 Å². The van der Waals surface area contributed by atoms with E-state index < -0.39 is 0 Å². The lowest BCUT2D eigenvalue weighted by atomic mass is 10.1. The normalized spacial score (nSPS) is 10.8. The van der Waals surface area contributed by atoms with Gasteiger partial charge in [-0.2, -0.15) is 5.10 Å². The van der Waals surface area contributed by atoms with Gasteiger partial charge in [-0.05, 0) is 56.5 Å². The highest BCUT2D eigenvalue weighted by Crippen LogP contribution is 2.30. The van der Waals surface area contributed by atoms with E-state index in [0.29, 0.717) is 36.7 Å². The number of hydrogen-bond donors (Lipinski definition) is 1. The average molecular weight is 428 g/mol. The van der Waals surface area contributed by atoms with E-state index in [4.69, 9.17) is 14.6 Å². The number of thiophene rings is 1. The quantitative estimate of drug-likeness (QED) is 0.541. The average Bonchev–Trinajstić information content (AvgIpc) is 3.30. The number of rotatable bonds is 9. The summed E-state index contributed by atoms with van der Waals surface area (Å²) < 4.78 is 12.4. The van der Waals surface area contributed by atoms with Gasteiger partial charge in [0, 0.05) is 28.4 Å². The van der Waals surface area contributed by atoms with Gasteiger partial charge in [0.05, 0.1) is 19.9 Å². The zero-order valence-corrected chi connectivity index (χ0v) is 19.1. The first-order valence-electron chi connectivity index (χ1n) is 10.1. The standard InChI is InChI=1S/C23H29N3O3S/c1-6-11-26-20(14-19(25-26)18-12-15(2)30-16(18)3)23(27)24-10-9-17-7-8-21(28-4)22(13-17)29-5/h7-8,12-14H,6,9-11H2,1-5H3,(H,24,27). The van der Waals surface area contributed by atoms with Gasteiger partial charge in [0.2, 0.25) is 0 Å². The molecule has 2 heterocycles. The topological polar surface area (TPSA) is 65.4 Å². The van der Waals surface area contributed by atoms with Crippen LogP contribution in [0, 0.1) is 13.8 Å². The lowest BCUT2D eigenvalue weighted by Gasteiger charge is -2.10. The van der Waals surface area contributed by atoms with Crippen LogP contribution in [0.4, 0.5) is 0 Å². The van der Waals surface area contributed by atoms with Crippen LogP contribution in [0.2, 0.25) is 0 Å². The molecule has 30 heavy (non-hydrogen) atoms. The lowest BCUT2D eigenvalue weighted by Crippen LogP contribution is -2.28. The number of amides is 1. The fraction of sp³-hybridized carbons (Fsp3) is 0.391. The number of hydrogen-bond acceptors (Lipinski definition) is 5. The maximum atomic E-state index is 12.9. The third-order valence-electron chi connectivity index (χ3n) is 4.91. The minimum atomic E-state index is -0.104. The Balaban J connectivity index is 1.71. The molecule has 2 aromatic heterocycles. The molecule has 0 bridgehead atoms.